The second-order valence-corrected chi connectivity index (χ2v) is 4.91. The third-order valence-electron chi connectivity index (χ3n) is 2.59. The summed E-state index contributed by atoms with van der Waals surface area (Å²) in [7, 11) is 0. The van der Waals surface area contributed by atoms with Gasteiger partial charge in [-0.2, -0.15) is 0 Å². The van der Waals surface area contributed by atoms with Crippen LogP contribution in [0.1, 0.15) is 31.1 Å². The molecule has 2 aromatic heterocycles. The second-order valence-electron chi connectivity index (χ2n) is 4.15. The summed E-state index contributed by atoms with van der Waals surface area (Å²) in [6, 6.07) is 1.62. The van der Waals surface area contributed by atoms with Crippen LogP contribution in [0.15, 0.2) is 16.8 Å². The van der Waals surface area contributed by atoms with E-state index in [0.29, 0.717) is 27.6 Å². The number of hydrogen-bond acceptors (Lipinski definition) is 4. The molecule has 0 aromatic carbocycles. The van der Waals surface area contributed by atoms with E-state index in [9.17, 15) is 5.11 Å². The van der Waals surface area contributed by atoms with Gasteiger partial charge >= 0.3 is 0 Å². The molecule has 0 unspecified atom stereocenters. The van der Waals surface area contributed by atoms with E-state index in [2.05, 4.69) is 10.1 Å². The number of aromatic nitrogens is 2. The Morgan fingerprint density at radius 3 is 2.67 bits per heavy atom. The highest BCUT2D eigenvalue weighted by Gasteiger charge is 2.22. The van der Waals surface area contributed by atoms with E-state index in [4.69, 9.17) is 27.7 Å². The second kappa shape index (κ2) is 5.26. The van der Waals surface area contributed by atoms with Crippen molar-refractivity contribution in [1.82, 2.24) is 10.1 Å². The first-order valence-electron chi connectivity index (χ1n) is 5.46. The zero-order valence-corrected chi connectivity index (χ0v) is 11.5. The molecule has 0 aliphatic heterocycles. The Hall–Kier alpha value is -1.10. The van der Waals surface area contributed by atoms with E-state index >= 15 is 0 Å². The summed E-state index contributed by atoms with van der Waals surface area (Å²) in [5.41, 5.74) is 1.53. The molecule has 2 aromatic rings. The minimum atomic E-state index is -0.187. The van der Waals surface area contributed by atoms with E-state index in [1.54, 1.807) is 6.07 Å². The number of hydrogen-bond donors (Lipinski definition) is 1. The van der Waals surface area contributed by atoms with Gasteiger partial charge in [0.05, 0.1) is 17.2 Å². The first-order chi connectivity index (χ1) is 8.56. The number of pyridine rings is 1. The molecule has 0 aliphatic rings. The average Bonchev–Trinajstić information content (AvgIpc) is 2.72. The SMILES string of the molecule is CC(C)c1onc(-c2c(Cl)ccnc2Cl)c1CO. The summed E-state index contributed by atoms with van der Waals surface area (Å²) in [5, 5.41) is 14.1. The van der Waals surface area contributed by atoms with Crippen LogP contribution in [0.5, 0.6) is 0 Å². The van der Waals surface area contributed by atoms with Gasteiger partial charge in [-0.05, 0) is 6.07 Å². The third kappa shape index (κ3) is 2.23. The zero-order chi connectivity index (χ0) is 13.3. The van der Waals surface area contributed by atoms with Gasteiger partial charge in [0, 0.05) is 17.7 Å². The Kier molecular flexibility index (Phi) is 3.90. The first kappa shape index (κ1) is 13.3. The van der Waals surface area contributed by atoms with Gasteiger partial charge in [-0.15, -0.1) is 0 Å². The Morgan fingerprint density at radius 2 is 2.11 bits per heavy atom. The highest BCUT2D eigenvalue weighted by atomic mass is 35.5. The number of rotatable bonds is 3. The molecular weight excluding hydrogens is 275 g/mol. The standard InChI is InChI=1S/C12H12Cl2N2O2/c1-6(2)11-7(5-17)10(16-18-11)9-8(13)3-4-15-12(9)14/h3-4,6,17H,5H2,1-2H3. The molecule has 0 atom stereocenters. The average molecular weight is 287 g/mol. The normalized spacial score (nSPS) is 11.2. The molecule has 0 fully saturated rings. The van der Waals surface area contributed by atoms with Crippen molar-refractivity contribution in [2.45, 2.75) is 26.4 Å². The van der Waals surface area contributed by atoms with E-state index in [1.165, 1.54) is 6.20 Å². The topological polar surface area (TPSA) is 59.2 Å². The minimum Gasteiger partial charge on any atom is -0.391 e. The van der Waals surface area contributed by atoms with Gasteiger partial charge in [0.15, 0.2) is 0 Å². The summed E-state index contributed by atoms with van der Waals surface area (Å²) >= 11 is 12.1. The number of aliphatic hydroxyl groups excluding tert-OH is 1. The van der Waals surface area contributed by atoms with Crippen molar-refractivity contribution in [3.05, 3.63) is 33.8 Å². The molecule has 2 rings (SSSR count). The predicted octanol–water partition coefficient (Wildman–Crippen LogP) is 3.66. The van der Waals surface area contributed by atoms with E-state index < -0.39 is 0 Å². The number of aliphatic hydroxyl groups is 1. The number of nitrogens with zero attached hydrogens (tertiary/aromatic N) is 2. The number of halogens is 2. The lowest BCUT2D eigenvalue weighted by molar-refractivity contribution is 0.275. The van der Waals surface area contributed by atoms with Crippen LogP contribution in [-0.4, -0.2) is 15.2 Å². The van der Waals surface area contributed by atoms with Crippen molar-refractivity contribution in [3.8, 4) is 11.3 Å². The van der Waals surface area contributed by atoms with Crippen molar-refractivity contribution in [1.29, 1.82) is 0 Å². The van der Waals surface area contributed by atoms with Gasteiger partial charge in [-0.25, -0.2) is 4.98 Å². The van der Waals surface area contributed by atoms with Crippen LogP contribution in [0.3, 0.4) is 0 Å². The van der Waals surface area contributed by atoms with Crippen molar-refractivity contribution in [2.24, 2.45) is 0 Å². The molecule has 96 valence electrons. The summed E-state index contributed by atoms with van der Waals surface area (Å²) < 4.78 is 5.26. The monoisotopic (exact) mass is 286 g/mol. The van der Waals surface area contributed by atoms with Crippen molar-refractivity contribution >= 4 is 23.2 Å². The van der Waals surface area contributed by atoms with Gasteiger partial charge < -0.3 is 9.63 Å². The largest absolute Gasteiger partial charge is 0.391 e. The van der Waals surface area contributed by atoms with E-state index in [-0.39, 0.29) is 17.7 Å². The van der Waals surface area contributed by atoms with Crippen LogP contribution in [0, 0.1) is 0 Å². The van der Waals surface area contributed by atoms with Crippen LogP contribution in [0.4, 0.5) is 0 Å². The Morgan fingerprint density at radius 1 is 1.39 bits per heavy atom. The fourth-order valence-corrected chi connectivity index (χ4v) is 2.28. The van der Waals surface area contributed by atoms with Crippen molar-refractivity contribution in [3.63, 3.8) is 0 Å². The molecular formula is C12H12Cl2N2O2. The molecule has 6 heteroatoms. The fourth-order valence-electron chi connectivity index (χ4n) is 1.75. The predicted molar refractivity (Wildman–Crippen MR) is 69.8 cm³/mol. The van der Waals surface area contributed by atoms with Crippen LogP contribution < -0.4 is 0 Å². The van der Waals surface area contributed by atoms with E-state index in [0.717, 1.165) is 0 Å². The molecule has 0 saturated carbocycles. The molecule has 0 bridgehead atoms. The molecule has 0 saturated heterocycles. The Labute approximate surface area is 115 Å². The van der Waals surface area contributed by atoms with Gasteiger partial charge in [-0.1, -0.05) is 42.2 Å². The van der Waals surface area contributed by atoms with Crippen LogP contribution in [-0.2, 0) is 6.61 Å². The van der Waals surface area contributed by atoms with Crippen LogP contribution in [0.2, 0.25) is 10.2 Å². The zero-order valence-electron chi connectivity index (χ0n) is 9.94. The molecule has 0 radical (unpaired) electrons. The molecule has 18 heavy (non-hydrogen) atoms. The van der Waals surface area contributed by atoms with Gasteiger partial charge in [-0.3, -0.25) is 0 Å². The summed E-state index contributed by atoms with van der Waals surface area (Å²) in [6.45, 7) is 3.72. The van der Waals surface area contributed by atoms with E-state index in [1.807, 2.05) is 13.8 Å². The molecule has 0 amide bonds. The van der Waals surface area contributed by atoms with Crippen molar-refractivity contribution < 1.29 is 9.63 Å². The lowest BCUT2D eigenvalue weighted by atomic mass is 10.0. The maximum absolute atomic E-state index is 9.47. The van der Waals surface area contributed by atoms with Crippen molar-refractivity contribution in [2.75, 3.05) is 0 Å². The quantitative estimate of drug-likeness (QED) is 0.875. The molecule has 2 heterocycles. The van der Waals surface area contributed by atoms with Crippen LogP contribution in [0.25, 0.3) is 11.3 Å². The Bertz CT molecular complexity index is 547. The fraction of sp³-hybridized carbons (Fsp3) is 0.333. The smallest absolute Gasteiger partial charge is 0.145 e. The molecule has 4 nitrogen and oxygen atoms in total. The van der Waals surface area contributed by atoms with Gasteiger partial charge in [0.1, 0.15) is 16.6 Å². The summed E-state index contributed by atoms with van der Waals surface area (Å²) in [5.74, 6) is 0.742. The maximum Gasteiger partial charge on any atom is 0.145 e. The highest BCUT2D eigenvalue weighted by molar-refractivity contribution is 6.38. The summed E-state index contributed by atoms with van der Waals surface area (Å²) in [4.78, 5) is 3.96. The lowest BCUT2D eigenvalue weighted by Gasteiger charge is -2.05. The van der Waals surface area contributed by atoms with Gasteiger partial charge in [0.2, 0.25) is 0 Å². The molecule has 1 N–H and O–H groups in total. The lowest BCUT2D eigenvalue weighted by Crippen LogP contribution is -1.95. The third-order valence-corrected chi connectivity index (χ3v) is 3.19. The highest BCUT2D eigenvalue weighted by Crippen LogP contribution is 2.37. The molecule has 0 aliphatic carbocycles. The Balaban J connectivity index is 2.65. The van der Waals surface area contributed by atoms with Gasteiger partial charge in [0.25, 0.3) is 0 Å². The van der Waals surface area contributed by atoms with Crippen LogP contribution >= 0.6 is 23.2 Å². The minimum absolute atomic E-state index is 0.114. The maximum atomic E-state index is 9.47. The molecule has 0 spiro atoms. The first-order valence-corrected chi connectivity index (χ1v) is 6.21. The summed E-state index contributed by atoms with van der Waals surface area (Å²) in [6.07, 6.45) is 1.51.